The van der Waals surface area contributed by atoms with Crippen LogP contribution < -0.4 is 4.90 Å². The number of carbonyl (C=O) groups is 2. The van der Waals surface area contributed by atoms with Crippen molar-refractivity contribution in [2.75, 3.05) is 18.0 Å². The van der Waals surface area contributed by atoms with Crippen LogP contribution in [-0.2, 0) is 20.8 Å². The number of amides is 2. The van der Waals surface area contributed by atoms with Gasteiger partial charge in [0.1, 0.15) is 23.5 Å². The predicted molar refractivity (Wildman–Crippen MR) is 165 cm³/mol. The fourth-order valence-electron chi connectivity index (χ4n) is 5.61. The number of rotatable bonds is 5. The average Bonchev–Trinajstić information content (AvgIpc) is 3.65. The zero-order valence-corrected chi connectivity index (χ0v) is 25.9. The lowest BCUT2D eigenvalue weighted by molar-refractivity contribution is -0.384. The van der Waals surface area contributed by atoms with Crippen LogP contribution in [0.4, 0.5) is 21.0 Å². The minimum absolute atomic E-state index is 0.0468. The molecule has 2 fully saturated rings. The number of non-ortho nitro benzene ring substituents is 1. The summed E-state index contributed by atoms with van der Waals surface area (Å²) < 4.78 is 19.3. The molecular weight excluding hydrogens is 586 g/mol. The molecule has 0 N–H and O–H groups in total. The zero-order valence-electron chi connectivity index (χ0n) is 25.1. The maximum atomic E-state index is 14.2. The molecule has 0 aliphatic carbocycles. The molecule has 2 saturated heterocycles. The van der Waals surface area contributed by atoms with Crippen molar-refractivity contribution in [2.45, 2.75) is 64.8 Å². The van der Waals surface area contributed by atoms with Gasteiger partial charge < -0.3 is 19.1 Å². The topological polar surface area (TPSA) is 129 Å². The summed E-state index contributed by atoms with van der Waals surface area (Å²) in [7, 11) is 0. The van der Waals surface area contributed by atoms with E-state index in [1.165, 1.54) is 28.2 Å². The molecule has 2 aromatic carbocycles. The molecule has 0 bridgehead atoms. The van der Waals surface area contributed by atoms with Crippen LogP contribution in [-0.4, -0.2) is 68.4 Å². The highest BCUT2D eigenvalue weighted by Gasteiger charge is 2.47. The van der Waals surface area contributed by atoms with Crippen LogP contribution >= 0.6 is 11.3 Å². The van der Waals surface area contributed by atoms with Gasteiger partial charge in [-0.05, 0) is 69.8 Å². The fourth-order valence-corrected chi connectivity index (χ4v) is 6.25. The molecule has 13 heteroatoms. The predicted octanol–water partition coefficient (Wildman–Crippen LogP) is 6.42. The number of aromatic nitrogens is 2. The summed E-state index contributed by atoms with van der Waals surface area (Å²) in [6, 6.07) is 13.3. The van der Waals surface area contributed by atoms with E-state index < -0.39 is 34.6 Å². The Morgan fingerprint density at radius 3 is 2.57 bits per heavy atom. The second kappa shape index (κ2) is 11.0. The van der Waals surface area contributed by atoms with E-state index in [1.54, 1.807) is 54.8 Å². The van der Waals surface area contributed by atoms with Crippen LogP contribution in [0.15, 0.2) is 59.3 Å². The lowest BCUT2D eigenvalue weighted by Crippen LogP contribution is -2.43. The summed E-state index contributed by atoms with van der Waals surface area (Å²) in [5, 5.41) is 20.6. The third-order valence-corrected chi connectivity index (χ3v) is 8.06. The van der Waals surface area contributed by atoms with Gasteiger partial charge >= 0.3 is 12.1 Å². The summed E-state index contributed by atoms with van der Waals surface area (Å²) in [4.78, 5) is 41.5. The first-order chi connectivity index (χ1) is 20.8. The van der Waals surface area contributed by atoms with Crippen molar-refractivity contribution in [3.63, 3.8) is 0 Å². The Morgan fingerprint density at radius 2 is 1.89 bits per heavy atom. The number of carbonyl (C=O) groups excluding carboxylic acids is 2. The number of urea groups is 1. The molecule has 0 saturated carbocycles. The lowest BCUT2D eigenvalue weighted by Gasteiger charge is -2.30. The second-order valence-corrected chi connectivity index (χ2v) is 13.1. The average molecular weight is 620 g/mol. The number of hydrogen-bond acceptors (Lipinski definition) is 9. The largest absolute Gasteiger partial charge is 0.442 e. The summed E-state index contributed by atoms with van der Waals surface area (Å²) in [5.74, 6) is -0.844. The third kappa shape index (κ3) is 5.90. The summed E-state index contributed by atoms with van der Waals surface area (Å²) in [6.07, 6.45) is -1.43. The highest BCUT2D eigenvalue weighted by Crippen LogP contribution is 2.37. The van der Waals surface area contributed by atoms with E-state index in [0.29, 0.717) is 27.8 Å². The monoisotopic (exact) mass is 619 g/mol. The van der Waals surface area contributed by atoms with Gasteiger partial charge in [-0.25, -0.2) is 9.59 Å². The van der Waals surface area contributed by atoms with E-state index >= 15 is 0 Å². The molecule has 0 unspecified atom stereocenters. The van der Waals surface area contributed by atoms with Gasteiger partial charge in [0.2, 0.25) is 0 Å². The van der Waals surface area contributed by atoms with Gasteiger partial charge in [0.15, 0.2) is 5.79 Å². The highest BCUT2D eigenvalue weighted by atomic mass is 32.1. The molecule has 2 amide bonds. The molecule has 44 heavy (non-hydrogen) atoms. The lowest BCUT2D eigenvalue weighted by atomic mass is 10.1. The van der Waals surface area contributed by atoms with E-state index in [1.807, 2.05) is 36.7 Å². The van der Waals surface area contributed by atoms with Crippen molar-refractivity contribution in [1.29, 1.82) is 0 Å². The maximum absolute atomic E-state index is 14.2. The third-order valence-electron chi connectivity index (χ3n) is 7.38. The van der Waals surface area contributed by atoms with Crippen LogP contribution in [0.2, 0.25) is 0 Å². The summed E-state index contributed by atoms with van der Waals surface area (Å²) in [6.45, 7) is 9.66. The molecule has 2 aromatic heterocycles. The Morgan fingerprint density at radius 1 is 1.14 bits per heavy atom. The molecule has 2 aliphatic heterocycles. The molecule has 0 radical (unpaired) electrons. The normalized spacial score (nSPS) is 20.1. The number of benzene rings is 2. The Hall–Kier alpha value is -4.33. The SMILES string of the molecule is CC(C)(C)OC(=O)n1nc(-c2ccsc2)c2cc(N3C[C@@H]4OC(C)(C)O[C@H]4CN(Cc4cccc([N+](=O)[O-])c4)C3=O)ccc21. The van der Waals surface area contributed by atoms with Crippen molar-refractivity contribution in [3.8, 4) is 11.3 Å². The Labute approximate surface area is 257 Å². The van der Waals surface area contributed by atoms with Crippen LogP contribution in [0.25, 0.3) is 22.2 Å². The van der Waals surface area contributed by atoms with Crippen molar-refractivity contribution < 1.29 is 28.7 Å². The number of thiophene rings is 1. The van der Waals surface area contributed by atoms with E-state index in [-0.39, 0.29) is 31.4 Å². The van der Waals surface area contributed by atoms with Crippen LogP contribution in [0.3, 0.4) is 0 Å². The quantitative estimate of drug-likeness (QED) is 0.185. The van der Waals surface area contributed by atoms with Gasteiger partial charge in [-0.3, -0.25) is 15.0 Å². The van der Waals surface area contributed by atoms with Crippen LogP contribution in [0.1, 0.15) is 40.2 Å². The maximum Gasteiger partial charge on any atom is 0.435 e. The summed E-state index contributed by atoms with van der Waals surface area (Å²) >= 11 is 1.51. The van der Waals surface area contributed by atoms with E-state index in [2.05, 4.69) is 5.10 Å². The number of fused-ring (bicyclic) bond motifs is 2. The molecule has 4 aromatic rings. The molecule has 6 rings (SSSR count). The minimum atomic E-state index is -0.844. The number of anilines is 1. The molecule has 4 heterocycles. The first-order valence-electron chi connectivity index (χ1n) is 14.2. The Balaban J connectivity index is 1.41. The van der Waals surface area contributed by atoms with Crippen molar-refractivity contribution in [1.82, 2.24) is 14.7 Å². The van der Waals surface area contributed by atoms with Gasteiger partial charge in [0.05, 0.1) is 23.5 Å². The van der Waals surface area contributed by atoms with E-state index in [4.69, 9.17) is 14.2 Å². The van der Waals surface area contributed by atoms with Crippen LogP contribution in [0, 0.1) is 10.1 Å². The van der Waals surface area contributed by atoms with Crippen molar-refractivity contribution in [2.24, 2.45) is 0 Å². The zero-order chi connectivity index (χ0) is 31.4. The number of nitro benzene ring substituents is 1. The van der Waals surface area contributed by atoms with E-state index in [9.17, 15) is 19.7 Å². The van der Waals surface area contributed by atoms with Gasteiger partial charge in [0, 0.05) is 40.7 Å². The molecule has 12 nitrogen and oxygen atoms in total. The number of hydrogen-bond donors (Lipinski definition) is 0. The van der Waals surface area contributed by atoms with Crippen molar-refractivity contribution in [3.05, 3.63) is 75.0 Å². The number of ether oxygens (including phenoxy) is 3. The summed E-state index contributed by atoms with van der Waals surface area (Å²) in [5.41, 5.74) is 2.41. The Bertz CT molecular complexity index is 1740. The number of nitro groups is 1. The highest BCUT2D eigenvalue weighted by molar-refractivity contribution is 7.08. The molecule has 2 aliphatic rings. The smallest absolute Gasteiger partial charge is 0.435 e. The van der Waals surface area contributed by atoms with Crippen LogP contribution in [0.5, 0.6) is 0 Å². The molecular formula is C31H33N5O7S. The first-order valence-corrected chi connectivity index (χ1v) is 15.2. The Kier molecular flexibility index (Phi) is 7.42. The van der Waals surface area contributed by atoms with Gasteiger partial charge in [-0.15, -0.1) is 0 Å². The molecule has 0 spiro atoms. The minimum Gasteiger partial charge on any atom is -0.442 e. The fraction of sp³-hybridized carbons (Fsp3) is 0.387. The first kappa shape index (κ1) is 29.7. The number of nitrogens with zero attached hydrogens (tertiary/aromatic N) is 5. The van der Waals surface area contributed by atoms with E-state index in [0.717, 1.165) is 5.56 Å². The second-order valence-electron chi connectivity index (χ2n) is 12.4. The molecule has 230 valence electrons. The standard InChI is InChI=1S/C31H33N5O7S/c1-30(2,3)43-29(38)35-24-10-9-21(14-23(24)27(32-35)20-11-12-44-18-20)34-17-26-25(41-31(4,5)42-26)16-33(28(34)37)15-19-7-6-8-22(13-19)36(39)40/h6-14,18,25-26H,15-17H2,1-5H3/t25-,26-/m0/s1. The van der Waals surface area contributed by atoms with Gasteiger partial charge in [-0.2, -0.15) is 21.1 Å². The van der Waals surface area contributed by atoms with Gasteiger partial charge in [-0.1, -0.05) is 12.1 Å². The van der Waals surface area contributed by atoms with Crippen molar-refractivity contribution >= 4 is 45.7 Å². The van der Waals surface area contributed by atoms with Gasteiger partial charge in [0.25, 0.3) is 5.69 Å². The molecule has 2 atom stereocenters.